The lowest BCUT2D eigenvalue weighted by atomic mass is 10.3. The maximum absolute atomic E-state index is 13.4. The highest BCUT2D eigenvalue weighted by Crippen LogP contribution is 2.12. The maximum Gasteiger partial charge on any atom is 0.317 e. The molecule has 2 N–H and O–H groups in total. The summed E-state index contributed by atoms with van der Waals surface area (Å²) in [5.74, 6) is -1.98. The number of rotatable bonds is 8. The van der Waals surface area contributed by atoms with E-state index in [1.54, 1.807) is 6.07 Å². The van der Waals surface area contributed by atoms with Gasteiger partial charge in [-0.3, -0.25) is 14.5 Å². The van der Waals surface area contributed by atoms with Crippen molar-refractivity contribution in [1.82, 2.24) is 9.80 Å². The van der Waals surface area contributed by atoms with Crippen LogP contribution in [0.15, 0.2) is 24.3 Å². The number of nitrogens with zero attached hydrogens (tertiary/aromatic N) is 2. The Balaban J connectivity index is 2.58. The molecule has 0 aromatic heterocycles. The number of amides is 1. The van der Waals surface area contributed by atoms with Crippen molar-refractivity contribution < 1.29 is 19.1 Å². The van der Waals surface area contributed by atoms with Gasteiger partial charge in [-0.1, -0.05) is 12.1 Å². The minimum absolute atomic E-state index is 0.0883. The van der Waals surface area contributed by atoms with Gasteiger partial charge in [0.25, 0.3) is 0 Å². The minimum atomic E-state index is -1.01. The molecule has 0 heterocycles. The zero-order valence-corrected chi connectivity index (χ0v) is 12.2. The number of nitrogens with one attached hydrogen (secondary N) is 1. The molecule has 0 spiro atoms. The van der Waals surface area contributed by atoms with Crippen LogP contribution in [0, 0.1) is 5.82 Å². The Bertz CT molecular complexity index is 494. The first-order chi connectivity index (χ1) is 9.88. The van der Waals surface area contributed by atoms with Crippen molar-refractivity contribution in [3.63, 3.8) is 0 Å². The van der Waals surface area contributed by atoms with Crippen LogP contribution in [0.5, 0.6) is 0 Å². The van der Waals surface area contributed by atoms with Crippen LogP contribution >= 0.6 is 0 Å². The molecule has 21 heavy (non-hydrogen) atoms. The van der Waals surface area contributed by atoms with Gasteiger partial charge in [0, 0.05) is 13.1 Å². The first-order valence-electron chi connectivity index (χ1n) is 6.51. The Morgan fingerprint density at radius 1 is 1.19 bits per heavy atom. The van der Waals surface area contributed by atoms with Crippen molar-refractivity contribution in [2.24, 2.45) is 0 Å². The number of benzene rings is 1. The van der Waals surface area contributed by atoms with Crippen molar-refractivity contribution in [2.45, 2.75) is 0 Å². The van der Waals surface area contributed by atoms with Crippen molar-refractivity contribution in [1.29, 1.82) is 0 Å². The molecule has 6 nitrogen and oxygen atoms in total. The van der Waals surface area contributed by atoms with E-state index in [1.165, 1.54) is 23.1 Å². The number of anilines is 1. The Kier molecular flexibility index (Phi) is 6.77. The Hall–Kier alpha value is -1.99. The number of carboxylic acid groups (broad SMARTS) is 1. The van der Waals surface area contributed by atoms with Gasteiger partial charge in [-0.15, -0.1) is 0 Å². The van der Waals surface area contributed by atoms with Crippen LogP contribution in [0.4, 0.5) is 10.1 Å². The molecule has 1 amide bonds. The molecule has 7 heteroatoms. The second kappa shape index (κ2) is 8.33. The van der Waals surface area contributed by atoms with Gasteiger partial charge in [0.1, 0.15) is 5.82 Å². The fourth-order valence-corrected chi connectivity index (χ4v) is 1.70. The summed E-state index contributed by atoms with van der Waals surface area (Å²) in [6, 6.07) is 5.84. The van der Waals surface area contributed by atoms with Crippen LogP contribution in [0.1, 0.15) is 0 Å². The Morgan fingerprint density at radius 3 is 2.43 bits per heavy atom. The molecule has 0 atom stereocenters. The third-order valence-corrected chi connectivity index (χ3v) is 2.74. The quantitative estimate of drug-likeness (QED) is 0.739. The smallest absolute Gasteiger partial charge is 0.317 e. The average molecular weight is 297 g/mol. The molecular weight excluding hydrogens is 277 g/mol. The Morgan fingerprint density at radius 2 is 1.86 bits per heavy atom. The molecule has 0 saturated carbocycles. The summed E-state index contributed by atoms with van der Waals surface area (Å²) in [4.78, 5) is 26.1. The van der Waals surface area contributed by atoms with Crippen molar-refractivity contribution in [3.05, 3.63) is 30.1 Å². The molecule has 0 radical (unpaired) electrons. The molecule has 116 valence electrons. The van der Waals surface area contributed by atoms with Crippen LogP contribution in [0.25, 0.3) is 0 Å². The fourth-order valence-electron chi connectivity index (χ4n) is 1.70. The summed E-state index contributed by atoms with van der Waals surface area (Å²) < 4.78 is 13.4. The molecule has 1 aromatic rings. The van der Waals surface area contributed by atoms with E-state index < -0.39 is 17.7 Å². The van der Waals surface area contributed by atoms with Crippen molar-refractivity contribution in [2.75, 3.05) is 45.6 Å². The lowest BCUT2D eigenvalue weighted by molar-refractivity contribution is -0.138. The summed E-state index contributed by atoms with van der Waals surface area (Å²) in [6.45, 7) is 0.720. The van der Waals surface area contributed by atoms with Crippen molar-refractivity contribution >= 4 is 17.6 Å². The second-order valence-corrected chi connectivity index (χ2v) is 4.94. The van der Waals surface area contributed by atoms with Gasteiger partial charge in [-0.25, -0.2) is 4.39 Å². The van der Waals surface area contributed by atoms with Gasteiger partial charge in [0.15, 0.2) is 0 Å². The molecule has 0 aliphatic rings. The van der Waals surface area contributed by atoms with Crippen molar-refractivity contribution in [3.8, 4) is 0 Å². The summed E-state index contributed by atoms with van der Waals surface area (Å²) in [5, 5.41) is 11.3. The largest absolute Gasteiger partial charge is 0.480 e. The first-order valence-corrected chi connectivity index (χ1v) is 6.51. The molecule has 0 aliphatic carbocycles. The number of halogens is 1. The van der Waals surface area contributed by atoms with Gasteiger partial charge in [-0.05, 0) is 26.2 Å². The fraction of sp³-hybridized carbons (Fsp3) is 0.429. The summed E-state index contributed by atoms with van der Waals surface area (Å²) in [6.07, 6.45) is 0. The summed E-state index contributed by atoms with van der Waals surface area (Å²) >= 11 is 0. The first kappa shape index (κ1) is 17.1. The van der Waals surface area contributed by atoms with E-state index in [-0.39, 0.29) is 18.8 Å². The number of hydrogen-bond acceptors (Lipinski definition) is 4. The monoisotopic (exact) mass is 297 g/mol. The number of aliphatic carboxylic acids is 1. The van der Waals surface area contributed by atoms with E-state index in [4.69, 9.17) is 5.11 Å². The molecular formula is C14H20FN3O3. The van der Waals surface area contributed by atoms with Crippen LogP contribution < -0.4 is 5.32 Å². The van der Waals surface area contributed by atoms with Crippen LogP contribution in [0.2, 0.25) is 0 Å². The van der Waals surface area contributed by atoms with Gasteiger partial charge < -0.3 is 15.3 Å². The highest BCUT2D eigenvalue weighted by Gasteiger charge is 2.15. The average Bonchev–Trinajstić information content (AvgIpc) is 2.38. The standard InChI is InChI=1S/C14H20FN3O3/c1-17(2)7-8-18(10-14(20)21)9-13(19)16-12-6-4-3-5-11(12)15/h3-6H,7-10H2,1-2H3,(H,16,19)(H,20,21). The van der Waals surface area contributed by atoms with E-state index in [1.807, 2.05) is 19.0 Å². The highest BCUT2D eigenvalue weighted by atomic mass is 19.1. The Labute approximate surface area is 123 Å². The van der Waals surface area contributed by atoms with E-state index >= 15 is 0 Å². The molecule has 0 fully saturated rings. The molecule has 0 bridgehead atoms. The number of carbonyl (C=O) groups is 2. The third kappa shape index (κ3) is 6.82. The van der Waals surface area contributed by atoms with E-state index in [0.29, 0.717) is 13.1 Å². The van der Waals surface area contributed by atoms with Crippen LogP contribution in [-0.4, -0.2) is 67.1 Å². The molecule has 1 rings (SSSR count). The van der Waals surface area contributed by atoms with E-state index in [0.717, 1.165) is 0 Å². The number of carbonyl (C=O) groups excluding carboxylic acids is 1. The third-order valence-electron chi connectivity index (χ3n) is 2.74. The predicted molar refractivity (Wildman–Crippen MR) is 77.7 cm³/mol. The number of likely N-dealkylation sites (N-methyl/N-ethyl adjacent to an activating group) is 1. The molecule has 1 aromatic carbocycles. The molecule has 0 saturated heterocycles. The second-order valence-electron chi connectivity index (χ2n) is 4.94. The van der Waals surface area contributed by atoms with E-state index in [2.05, 4.69) is 5.32 Å². The van der Waals surface area contributed by atoms with Gasteiger partial charge >= 0.3 is 5.97 Å². The predicted octanol–water partition coefficient (Wildman–Crippen LogP) is 0.712. The van der Waals surface area contributed by atoms with Crippen LogP contribution in [-0.2, 0) is 9.59 Å². The topological polar surface area (TPSA) is 72.9 Å². The minimum Gasteiger partial charge on any atom is -0.480 e. The maximum atomic E-state index is 13.4. The zero-order chi connectivity index (χ0) is 15.8. The van der Waals surface area contributed by atoms with Gasteiger partial charge in [-0.2, -0.15) is 0 Å². The van der Waals surface area contributed by atoms with E-state index in [9.17, 15) is 14.0 Å². The zero-order valence-electron chi connectivity index (χ0n) is 12.2. The molecule has 0 unspecified atom stereocenters. The number of hydrogen-bond donors (Lipinski definition) is 2. The summed E-state index contributed by atoms with van der Waals surface area (Å²) in [7, 11) is 3.72. The lowest BCUT2D eigenvalue weighted by Crippen LogP contribution is -2.40. The number of carboxylic acids is 1. The van der Waals surface area contributed by atoms with Crippen LogP contribution in [0.3, 0.4) is 0 Å². The SMILES string of the molecule is CN(C)CCN(CC(=O)O)CC(=O)Nc1ccccc1F. The number of para-hydroxylation sites is 1. The summed E-state index contributed by atoms with van der Waals surface area (Å²) in [5.41, 5.74) is 0.0883. The van der Waals surface area contributed by atoms with Gasteiger partial charge in [0.05, 0.1) is 18.8 Å². The lowest BCUT2D eigenvalue weighted by Gasteiger charge is -2.21. The normalized spacial score (nSPS) is 10.9. The van der Waals surface area contributed by atoms with Gasteiger partial charge in [0.2, 0.25) is 5.91 Å². The highest BCUT2D eigenvalue weighted by molar-refractivity contribution is 5.92. The molecule has 0 aliphatic heterocycles.